The highest BCUT2D eigenvalue weighted by atomic mass is 32.1. The minimum absolute atomic E-state index is 0.0769. The van der Waals surface area contributed by atoms with Crippen LogP contribution in [-0.2, 0) is 11.3 Å². The summed E-state index contributed by atoms with van der Waals surface area (Å²) in [6.07, 6.45) is 0. The summed E-state index contributed by atoms with van der Waals surface area (Å²) in [6, 6.07) is 8.06. The number of hydrogen-bond donors (Lipinski definition) is 1. The minimum Gasteiger partial charge on any atom is -0.389 e. The van der Waals surface area contributed by atoms with Crippen molar-refractivity contribution >= 4 is 17.2 Å². The van der Waals surface area contributed by atoms with Crippen molar-refractivity contribution < 1.29 is 4.74 Å². The average Bonchev–Trinajstić information content (AvgIpc) is 2.27. The second kappa shape index (κ2) is 6.98. The fraction of sp³-hybridized carbons (Fsp3) is 0.533. The van der Waals surface area contributed by atoms with Gasteiger partial charge in [0, 0.05) is 18.7 Å². The van der Waals surface area contributed by atoms with Gasteiger partial charge in [-0.05, 0) is 39.4 Å². The van der Waals surface area contributed by atoms with Crippen molar-refractivity contribution in [2.45, 2.75) is 32.9 Å². The predicted molar refractivity (Wildman–Crippen MR) is 84.4 cm³/mol. The number of thiocarbonyl (C=S) groups is 1. The fourth-order valence-electron chi connectivity index (χ4n) is 1.72. The smallest absolute Gasteiger partial charge is 0.103 e. The maximum Gasteiger partial charge on any atom is 0.103 e. The molecular formula is C15H24N2OS. The number of nitrogens with zero attached hydrogens (tertiary/aromatic N) is 1. The van der Waals surface area contributed by atoms with Gasteiger partial charge in [0.05, 0.1) is 12.2 Å². The summed E-state index contributed by atoms with van der Waals surface area (Å²) in [5.74, 6) is 0. The van der Waals surface area contributed by atoms with Crippen LogP contribution in [0.4, 0.5) is 0 Å². The Morgan fingerprint density at radius 1 is 1.37 bits per heavy atom. The summed E-state index contributed by atoms with van der Waals surface area (Å²) >= 11 is 4.99. The average molecular weight is 280 g/mol. The minimum atomic E-state index is -0.0769. The molecule has 1 aromatic carbocycles. The first kappa shape index (κ1) is 16.1. The van der Waals surface area contributed by atoms with Gasteiger partial charge in [-0.25, -0.2) is 0 Å². The van der Waals surface area contributed by atoms with Gasteiger partial charge in [0.25, 0.3) is 0 Å². The zero-order valence-electron chi connectivity index (χ0n) is 12.3. The highest BCUT2D eigenvalue weighted by Crippen LogP contribution is 2.09. The molecule has 0 aliphatic carbocycles. The first-order chi connectivity index (χ1) is 8.78. The Labute approximate surface area is 121 Å². The fourth-order valence-corrected chi connectivity index (χ4v) is 1.85. The lowest BCUT2D eigenvalue weighted by molar-refractivity contribution is -0.0113. The Morgan fingerprint density at radius 2 is 2.05 bits per heavy atom. The summed E-state index contributed by atoms with van der Waals surface area (Å²) in [6.45, 7) is 8.70. The Morgan fingerprint density at radius 3 is 2.63 bits per heavy atom. The third-order valence-corrected chi connectivity index (χ3v) is 2.91. The van der Waals surface area contributed by atoms with Crippen LogP contribution >= 0.6 is 12.2 Å². The molecule has 0 aliphatic rings. The summed E-state index contributed by atoms with van der Waals surface area (Å²) < 4.78 is 5.72. The van der Waals surface area contributed by atoms with Gasteiger partial charge in [0.2, 0.25) is 0 Å². The predicted octanol–water partition coefficient (Wildman–Crippen LogP) is 2.57. The van der Waals surface area contributed by atoms with Crippen LogP contribution in [0.2, 0.25) is 0 Å². The number of nitrogens with two attached hydrogens (primary N) is 1. The molecule has 0 aromatic heterocycles. The van der Waals surface area contributed by atoms with Gasteiger partial charge in [0.15, 0.2) is 0 Å². The van der Waals surface area contributed by atoms with Gasteiger partial charge in [-0.2, -0.15) is 0 Å². The molecular weight excluding hydrogens is 256 g/mol. The van der Waals surface area contributed by atoms with E-state index in [1.807, 2.05) is 18.2 Å². The lowest BCUT2D eigenvalue weighted by atomic mass is 10.1. The molecule has 0 radical (unpaired) electrons. The molecule has 1 rings (SSSR count). The molecule has 106 valence electrons. The van der Waals surface area contributed by atoms with E-state index in [-0.39, 0.29) is 5.60 Å². The number of benzene rings is 1. The van der Waals surface area contributed by atoms with E-state index in [2.05, 4.69) is 38.8 Å². The molecule has 0 bridgehead atoms. The van der Waals surface area contributed by atoms with Crippen LogP contribution < -0.4 is 5.73 Å². The van der Waals surface area contributed by atoms with Crippen molar-refractivity contribution in [2.75, 3.05) is 20.2 Å². The number of likely N-dealkylation sites (N-methyl/N-ethyl adjacent to an activating group) is 1. The van der Waals surface area contributed by atoms with E-state index in [0.29, 0.717) is 4.99 Å². The molecule has 1 aromatic rings. The maximum atomic E-state index is 5.72. The van der Waals surface area contributed by atoms with Gasteiger partial charge in [-0.1, -0.05) is 30.4 Å². The Hall–Kier alpha value is -0.970. The largest absolute Gasteiger partial charge is 0.389 e. The molecule has 0 amide bonds. The van der Waals surface area contributed by atoms with E-state index >= 15 is 0 Å². The summed E-state index contributed by atoms with van der Waals surface area (Å²) in [5, 5.41) is 0. The van der Waals surface area contributed by atoms with E-state index in [0.717, 1.165) is 25.3 Å². The van der Waals surface area contributed by atoms with E-state index in [1.54, 1.807) is 0 Å². The first-order valence-electron chi connectivity index (χ1n) is 6.49. The van der Waals surface area contributed by atoms with E-state index in [1.165, 1.54) is 5.56 Å². The van der Waals surface area contributed by atoms with E-state index < -0.39 is 0 Å². The Bertz CT molecular complexity index is 426. The molecule has 0 aliphatic heterocycles. The summed E-state index contributed by atoms with van der Waals surface area (Å²) in [5.41, 5.74) is 7.70. The molecule has 0 fully saturated rings. The third-order valence-electron chi connectivity index (χ3n) is 2.67. The summed E-state index contributed by atoms with van der Waals surface area (Å²) in [4.78, 5) is 2.67. The van der Waals surface area contributed by atoms with Crippen molar-refractivity contribution in [1.29, 1.82) is 0 Å². The monoisotopic (exact) mass is 280 g/mol. The number of ether oxygens (including phenoxy) is 1. The molecule has 0 unspecified atom stereocenters. The lowest BCUT2D eigenvalue weighted by Gasteiger charge is -2.23. The van der Waals surface area contributed by atoms with Crippen molar-refractivity contribution in [3.8, 4) is 0 Å². The summed E-state index contributed by atoms with van der Waals surface area (Å²) in [7, 11) is 2.08. The zero-order chi connectivity index (χ0) is 14.5. The molecule has 0 saturated carbocycles. The molecule has 0 saturated heterocycles. The molecule has 2 N–H and O–H groups in total. The molecule has 19 heavy (non-hydrogen) atoms. The second-order valence-corrected chi connectivity index (χ2v) is 6.20. The highest BCUT2D eigenvalue weighted by Gasteiger charge is 2.10. The molecule has 4 heteroatoms. The SMILES string of the molecule is CN(CCOC(C)(C)C)Cc1cccc(C(N)=S)c1. The van der Waals surface area contributed by atoms with E-state index in [4.69, 9.17) is 22.7 Å². The maximum absolute atomic E-state index is 5.72. The van der Waals surface area contributed by atoms with Gasteiger partial charge < -0.3 is 10.5 Å². The molecule has 0 heterocycles. The van der Waals surface area contributed by atoms with E-state index in [9.17, 15) is 0 Å². The zero-order valence-corrected chi connectivity index (χ0v) is 13.1. The van der Waals surface area contributed by atoms with Crippen molar-refractivity contribution in [1.82, 2.24) is 4.90 Å². The van der Waals surface area contributed by atoms with Crippen LogP contribution in [0.1, 0.15) is 31.9 Å². The van der Waals surface area contributed by atoms with Gasteiger partial charge in [-0.15, -0.1) is 0 Å². The van der Waals surface area contributed by atoms with Crippen molar-refractivity contribution in [3.63, 3.8) is 0 Å². The molecule has 0 atom stereocenters. The van der Waals surface area contributed by atoms with Gasteiger partial charge in [0.1, 0.15) is 4.99 Å². The standard InChI is InChI=1S/C15H24N2OS/c1-15(2,3)18-9-8-17(4)11-12-6-5-7-13(10-12)14(16)19/h5-7,10H,8-9,11H2,1-4H3,(H2,16,19). The second-order valence-electron chi connectivity index (χ2n) is 5.76. The van der Waals surface area contributed by atoms with Crippen LogP contribution in [0.3, 0.4) is 0 Å². The first-order valence-corrected chi connectivity index (χ1v) is 6.90. The third kappa shape index (κ3) is 6.66. The number of hydrogen-bond acceptors (Lipinski definition) is 3. The normalized spacial score (nSPS) is 11.8. The molecule has 0 spiro atoms. The van der Waals surface area contributed by atoms with Crippen molar-refractivity contribution in [2.24, 2.45) is 5.73 Å². The van der Waals surface area contributed by atoms with Crippen LogP contribution in [0.15, 0.2) is 24.3 Å². The quantitative estimate of drug-likeness (QED) is 0.813. The topological polar surface area (TPSA) is 38.5 Å². The lowest BCUT2D eigenvalue weighted by Crippen LogP contribution is -2.28. The van der Waals surface area contributed by atoms with Gasteiger partial charge >= 0.3 is 0 Å². The number of rotatable bonds is 6. The Balaban J connectivity index is 2.46. The molecule has 3 nitrogen and oxygen atoms in total. The van der Waals surface area contributed by atoms with Crippen molar-refractivity contribution in [3.05, 3.63) is 35.4 Å². The van der Waals surface area contributed by atoms with Crippen LogP contribution in [0.5, 0.6) is 0 Å². The van der Waals surface area contributed by atoms with Crippen LogP contribution in [-0.4, -0.2) is 35.7 Å². The van der Waals surface area contributed by atoms with Crippen LogP contribution in [0.25, 0.3) is 0 Å². The van der Waals surface area contributed by atoms with Crippen LogP contribution in [0, 0.1) is 0 Å². The Kier molecular flexibility index (Phi) is 5.91. The highest BCUT2D eigenvalue weighted by molar-refractivity contribution is 7.80. The van der Waals surface area contributed by atoms with Gasteiger partial charge in [-0.3, -0.25) is 4.90 Å².